The summed E-state index contributed by atoms with van der Waals surface area (Å²) in [5, 5.41) is 18.6. The van der Waals surface area contributed by atoms with Crippen molar-refractivity contribution in [2.24, 2.45) is 10.2 Å². The minimum Gasteiger partial charge on any atom is -0.506 e. The molecule has 0 aliphatic rings. The van der Waals surface area contributed by atoms with Crippen LogP contribution in [0.3, 0.4) is 0 Å². The maximum atomic E-state index is 9.95. The van der Waals surface area contributed by atoms with Crippen molar-refractivity contribution in [3.63, 3.8) is 0 Å². The number of pyridine rings is 1. The lowest BCUT2D eigenvalue weighted by Gasteiger charge is -2.06. The van der Waals surface area contributed by atoms with E-state index in [0.717, 1.165) is 16.9 Å². The van der Waals surface area contributed by atoms with Crippen molar-refractivity contribution in [1.29, 1.82) is 0 Å². The van der Waals surface area contributed by atoms with E-state index in [2.05, 4.69) is 48.3 Å². The molecule has 0 unspecified atom stereocenters. The number of para-hydroxylation sites is 1. The number of hydrogen-bond acceptors (Lipinski definition) is 4. The van der Waals surface area contributed by atoms with E-state index in [0.29, 0.717) is 17.4 Å². The van der Waals surface area contributed by atoms with Gasteiger partial charge in [-0.1, -0.05) is 56.3 Å². The lowest BCUT2D eigenvalue weighted by atomic mass is 10.0. The molecule has 0 fully saturated rings. The second-order valence-corrected chi connectivity index (χ2v) is 6.68. The van der Waals surface area contributed by atoms with Crippen molar-refractivity contribution in [2.45, 2.75) is 19.8 Å². The monoisotopic (exact) mass is 356 g/mol. The van der Waals surface area contributed by atoms with Gasteiger partial charge in [0.15, 0.2) is 5.82 Å². The number of rotatable bonds is 4. The van der Waals surface area contributed by atoms with Crippen LogP contribution in [0.15, 0.2) is 83.2 Å². The third-order valence-electron chi connectivity index (χ3n) is 4.49. The topological polar surface area (TPSA) is 62.2 Å². The van der Waals surface area contributed by atoms with Crippen LogP contribution in [-0.4, -0.2) is 14.5 Å². The molecule has 0 radical (unpaired) electrons. The molecule has 0 aliphatic carbocycles. The fourth-order valence-electron chi connectivity index (χ4n) is 2.95. The van der Waals surface area contributed by atoms with Crippen LogP contribution in [0.25, 0.3) is 16.9 Å². The van der Waals surface area contributed by atoms with E-state index in [1.807, 2.05) is 34.9 Å². The molecule has 5 heteroatoms. The van der Waals surface area contributed by atoms with Crippen LogP contribution in [0, 0.1) is 0 Å². The SMILES string of the molecule is CC(C)c1ccc(-c2nc3ccccn3c2N=Nc2ccccc2O)cc1. The number of fused-ring (bicyclic) bond motifs is 1. The standard InChI is InChI=1S/C22H20N4O/c1-15(2)16-10-12-17(13-11-16)21-22(26-14-6-5-9-20(26)23-21)25-24-18-7-3-4-8-19(18)27/h3-15,27H,1-2H3. The van der Waals surface area contributed by atoms with Gasteiger partial charge in [0.05, 0.1) is 0 Å². The molecule has 0 bridgehead atoms. The third-order valence-corrected chi connectivity index (χ3v) is 4.49. The van der Waals surface area contributed by atoms with Gasteiger partial charge in [-0.3, -0.25) is 4.40 Å². The fraction of sp³-hybridized carbons (Fsp3) is 0.136. The molecule has 0 saturated carbocycles. The van der Waals surface area contributed by atoms with Crippen LogP contribution in [0.5, 0.6) is 5.75 Å². The van der Waals surface area contributed by atoms with Gasteiger partial charge in [-0.05, 0) is 35.7 Å². The number of aromatic nitrogens is 2. The highest BCUT2D eigenvalue weighted by atomic mass is 16.3. The van der Waals surface area contributed by atoms with Crippen LogP contribution in [0.1, 0.15) is 25.3 Å². The smallest absolute Gasteiger partial charge is 0.187 e. The quantitative estimate of drug-likeness (QED) is 0.440. The van der Waals surface area contributed by atoms with E-state index in [1.54, 1.807) is 18.2 Å². The molecule has 5 nitrogen and oxygen atoms in total. The molecule has 0 atom stereocenters. The Morgan fingerprint density at radius 1 is 0.889 bits per heavy atom. The van der Waals surface area contributed by atoms with Gasteiger partial charge >= 0.3 is 0 Å². The molecule has 0 aliphatic heterocycles. The maximum absolute atomic E-state index is 9.95. The Balaban J connectivity index is 1.83. The lowest BCUT2D eigenvalue weighted by molar-refractivity contribution is 0.476. The maximum Gasteiger partial charge on any atom is 0.187 e. The lowest BCUT2D eigenvalue weighted by Crippen LogP contribution is -1.87. The van der Waals surface area contributed by atoms with Gasteiger partial charge in [0.2, 0.25) is 0 Å². The molecule has 0 amide bonds. The zero-order valence-electron chi connectivity index (χ0n) is 15.2. The number of benzene rings is 2. The second kappa shape index (κ2) is 7.03. The molecule has 4 rings (SSSR count). The first-order valence-corrected chi connectivity index (χ1v) is 8.90. The summed E-state index contributed by atoms with van der Waals surface area (Å²) in [6.45, 7) is 4.35. The van der Waals surface area contributed by atoms with Gasteiger partial charge in [-0.2, -0.15) is 0 Å². The number of imidazole rings is 1. The average molecular weight is 356 g/mol. The molecule has 2 aromatic heterocycles. The van der Waals surface area contributed by atoms with Crippen LogP contribution < -0.4 is 0 Å². The summed E-state index contributed by atoms with van der Waals surface area (Å²) in [7, 11) is 0. The highest BCUT2D eigenvalue weighted by Gasteiger charge is 2.14. The molecule has 134 valence electrons. The summed E-state index contributed by atoms with van der Waals surface area (Å²) in [4.78, 5) is 4.74. The molecular weight excluding hydrogens is 336 g/mol. The van der Waals surface area contributed by atoms with Gasteiger partial charge in [-0.25, -0.2) is 4.98 Å². The van der Waals surface area contributed by atoms with Crippen molar-refractivity contribution >= 4 is 17.2 Å². The van der Waals surface area contributed by atoms with Crippen molar-refractivity contribution in [3.8, 4) is 17.0 Å². The van der Waals surface area contributed by atoms with Crippen LogP contribution in [0.4, 0.5) is 11.5 Å². The largest absolute Gasteiger partial charge is 0.506 e. The zero-order chi connectivity index (χ0) is 18.8. The van der Waals surface area contributed by atoms with E-state index >= 15 is 0 Å². The predicted octanol–water partition coefficient (Wildman–Crippen LogP) is 6.25. The highest BCUT2D eigenvalue weighted by molar-refractivity contribution is 5.74. The molecule has 1 N–H and O–H groups in total. The van der Waals surface area contributed by atoms with Crippen molar-refractivity contribution in [3.05, 3.63) is 78.5 Å². The summed E-state index contributed by atoms with van der Waals surface area (Å²) in [5.74, 6) is 1.20. The number of hydrogen-bond donors (Lipinski definition) is 1. The van der Waals surface area contributed by atoms with Crippen molar-refractivity contribution < 1.29 is 5.11 Å². The van der Waals surface area contributed by atoms with Crippen molar-refractivity contribution in [1.82, 2.24) is 9.38 Å². The predicted molar refractivity (Wildman–Crippen MR) is 107 cm³/mol. The first-order chi connectivity index (χ1) is 13.1. The van der Waals surface area contributed by atoms with Crippen molar-refractivity contribution in [2.75, 3.05) is 0 Å². The molecule has 2 aromatic carbocycles. The molecule has 0 spiro atoms. The number of phenols is 1. The van der Waals surface area contributed by atoms with Gasteiger partial charge in [-0.15, -0.1) is 10.2 Å². The summed E-state index contributed by atoms with van der Waals surface area (Å²) < 4.78 is 1.90. The molecule has 0 saturated heterocycles. The number of phenolic OH excluding ortho intramolecular Hbond substituents is 1. The van der Waals surface area contributed by atoms with Crippen LogP contribution in [-0.2, 0) is 0 Å². The Morgan fingerprint density at radius 2 is 1.63 bits per heavy atom. The van der Waals surface area contributed by atoms with E-state index in [4.69, 9.17) is 4.98 Å². The second-order valence-electron chi connectivity index (χ2n) is 6.68. The van der Waals surface area contributed by atoms with Gasteiger partial charge < -0.3 is 5.11 Å². The Bertz CT molecular complexity index is 1110. The Labute approximate surface area is 157 Å². The van der Waals surface area contributed by atoms with E-state index in [9.17, 15) is 5.11 Å². The van der Waals surface area contributed by atoms with Crippen LogP contribution >= 0.6 is 0 Å². The fourth-order valence-corrected chi connectivity index (χ4v) is 2.95. The Morgan fingerprint density at radius 3 is 2.37 bits per heavy atom. The van der Waals surface area contributed by atoms with E-state index < -0.39 is 0 Å². The Hall–Kier alpha value is -3.47. The highest BCUT2D eigenvalue weighted by Crippen LogP contribution is 2.34. The summed E-state index contributed by atoms with van der Waals surface area (Å²) in [5.41, 5.74) is 4.24. The van der Waals surface area contributed by atoms with Gasteiger partial charge in [0.1, 0.15) is 22.8 Å². The van der Waals surface area contributed by atoms with Crippen LogP contribution in [0.2, 0.25) is 0 Å². The first-order valence-electron chi connectivity index (χ1n) is 8.90. The summed E-state index contributed by atoms with van der Waals surface area (Å²) in [6, 6.07) is 21.1. The molecule has 27 heavy (non-hydrogen) atoms. The first kappa shape index (κ1) is 17.0. The number of aromatic hydroxyl groups is 1. The summed E-state index contributed by atoms with van der Waals surface area (Å²) >= 11 is 0. The molecular formula is C22H20N4O. The minimum atomic E-state index is 0.0953. The van der Waals surface area contributed by atoms with Gasteiger partial charge in [0, 0.05) is 11.8 Å². The zero-order valence-corrected chi connectivity index (χ0v) is 15.2. The summed E-state index contributed by atoms with van der Waals surface area (Å²) in [6.07, 6.45) is 1.91. The number of azo groups is 1. The van der Waals surface area contributed by atoms with E-state index in [-0.39, 0.29) is 5.75 Å². The van der Waals surface area contributed by atoms with E-state index in [1.165, 1.54) is 5.56 Å². The Kier molecular flexibility index (Phi) is 4.42. The number of nitrogens with zero attached hydrogens (tertiary/aromatic N) is 4. The van der Waals surface area contributed by atoms with Gasteiger partial charge in [0.25, 0.3) is 0 Å². The minimum absolute atomic E-state index is 0.0953. The molecule has 4 aromatic rings. The normalized spacial score (nSPS) is 11.7. The third kappa shape index (κ3) is 3.31. The average Bonchev–Trinajstić information content (AvgIpc) is 3.06. The molecule has 2 heterocycles.